The predicted molar refractivity (Wildman–Crippen MR) is 136 cm³/mol. The van der Waals surface area contributed by atoms with E-state index in [0.717, 1.165) is 9.87 Å². The molecule has 7 heteroatoms. The molecule has 3 rings (SSSR count). The first-order chi connectivity index (χ1) is 15.3. The molecular weight excluding hydrogens is 450 g/mol. The Morgan fingerprint density at radius 1 is 0.848 bits per heavy atom. The summed E-state index contributed by atoms with van der Waals surface area (Å²) in [6.07, 6.45) is 0. The molecule has 1 amide bonds. The van der Waals surface area contributed by atoms with Crippen LogP contribution in [0.15, 0.2) is 83.8 Å². The molecule has 5 nitrogen and oxygen atoms in total. The highest BCUT2D eigenvalue weighted by molar-refractivity contribution is 7.93. The minimum absolute atomic E-state index is 0.0354. The van der Waals surface area contributed by atoms with Crippen LogP contribution < -0.4 is 8.73 Å². The van der Waals surface area contributed by atoms with E-state index in [9.17, 15) is 13.2 Å². The zero-order chi connectivity index (χ0) is 24.4. The Morgan fingerprint density at radius 3 is 1.91 bits per heavy atom. The molecule has 0 heterocycles. The van der Waals surface area contributed by atoms with Crippen LogP contribution in [0.25, 0.3) is 0 Å². The molecule has 0 saturated heterocycles. The standard InChI is InChI=1S/C26H31NO4SSi/c1-20-12-18-24(19-13-20)32(29,30)27(22-10-8-7-9-11-22)25(28)21-14-16-23(17-15-21)31-33(5,6)26(2,3)4/h7-19H,1-6H3. The molecule has 0 saturated carbocycles. The van der Waals surface area contributed by atoms with Gasteiger partial charge in [0, 0.05) is 5.56 Å². The van der Waals surface area contributed by atoms with Gasteiger partial charge in [0.05, 0.1) is 10.6 Å². The van der Waals surface area contributed by atoms with Gasteiger partial charge in [-0.15, -0.1) is 0 Å². The van der Waals surface area contributed by atoms with Crippen molar-refractivity contribution >= 4 is 29.9 Å². The molecule has 0 N–H and O–H groups in total. The summed E-state index contributed by atoms with van der Waals surface area (Å²) in [7, 11) is -6.15. The van der Waals surface area contributed by atoms with Crippen molar-refractivity contribution in [2.45, 2.75) is 50.7 Å². The average molecular weight is 482 g/mol. The van der Waals surface area contributed by atoms with Gasteiger partial charge >= 0.3 is 0 Å². The Balaban J connectivity index is 1.99. The van der Waals surface area contributed by atoms with Gasteiger partial charge in [-0.25, -0.2) is 8.42 Å². The highest BCUT2D eigenvalue weighted by Gasteiger charge is 2.39. The molecule has 33 heavy (non-hydrogen) atoms. The second kappa shape index (κ2) is 9.15. The monoisotopic (exact) mass is 481 g/mol. The number of aryl methyl sites for hydroxylation is 1. The van der Waals surface area contributed by atoms with Crippen molar-refractivity contribution in [3.63, 3.8) is 0 Å². The van der Waals surface area contributed by atoms with E-state index in [0.29, 0.717) is 5.75 Å². The minimum atomic E-state index is -4.12. The van der Waals surface area contributed by atoms with E-state index in [1.54, 1.807) is 66.7 Å². The summed E-state index contributed by atoms with van der Waals surface area (Å²) in [5, 5.41) is 0.0354. The lowest BCUT2D eigenvalue weighted by atomic mass is 10.2. The molecule has 0 unspecified atom stereocenters. The Hall–Kier alpha value is -2.90. The van der Waals surface area contributed by atoms with Crippen LogP contribution >= 0.6 is 0 Å². The SMILES string of the molecule is Cc1ccc(S(=O)(=O)N(C(=O)c2ccc(O[Si](C)(C)C(C)(C)C)cc2)c2ccccc2)cc1. The second-order valence-corrected chi connectivity index (χ2v) is 16.1. The molecule has 0 atom stereocenters. The van der Waals surface area contributed by atoms with E-state index in [1.165, 1.54) is 12.1 Å². The minimum Gasteiger partial charge on any atom is -0.544 e. The third-order valence-electron chi connectivity index (χ3n) is 6.01. The number of nitrogens with zero attached hydrogens (tertiary/aromatic N) is 1. The predicted octanol–water partition coefficient (Wildman–Crippen LogP) is 6.41. The van der Waals surface area contributed by atoms with E-state index in [2.05, 4.69) is 33.9 Å². The number of amides is 1. The Morgan fingerprint density at radius 2 is 1.39 bits per heavy atom. The van der Waals surface area contributed by atoms with Gasteiger partial charge in [0.2, 0.25) is 8.32 Å². The number of benzene rings is 3. The van der Waals surface area contributed by atoms with Crippen molar-refractivity contribution in [3.8, 4) is 5.75 Å². The van der Waals surface area contributed by atoms with Gasteiger partial charge in [0.25, 0.3) is 15.9 Å². The smallest absolute Gasteiger partial charge is 0.272 e. The van der Waals surface area contributed by atoms with Gasteiger partial charge in [-0.05, 0) is 73.6 Å². The summed E-state index contributed by atoms with van der Waals surface area (Å²) >= 11 is 0. The highest BCUT2D eigenvalue weighted by atomic mass is 32.2. The summed E-state index contributed by atoms with van der Waals surface area (Å²) in [4.78, 5) is 13.6. The third-order valence-corrected chi connectivity index (χ3v) is 12.1. The first-order valence-electron chi connectivity index (χ1n) is 10.8. The maximum Gasteiger partial charge on any atom is 0.272 e. The quantitative estimate of drug-likeness (QED) is 0.381. The van der Waals surface area contributed by atoms with Crippen LogP contribution in [0.4, 0.5) is 5.69 Å². The molecule has 174 valence electrons. The number of sulfonamides is 1. The fourth-order valence-electron chi connectivity index (χ4n) is 2.97. The van der Waals surface area contributed by atoms with E-state index < -0.39 is 24.2 Å². The molecule has 0 aliphatic heterocycles. The lowest BCUT2D eigenvalue weighted by Crippen LogP contribution is -2.43. The Bertz CT molecular complexity index is 1210. The Labute approximate surface area is 198 Å². The first kappa shape index (κ1) is 24.7. The number of para-hydroxylation sites is 1. The molecule has 0 aromatic heterocycles. The van der Waals surface area contributed by atoms with Gasteiger partial charge in [-0.2, -0.15) is 4.31 Å². The Kier molecular flexibility index (Phi) is 6.86. The largest absolute Gasteiger partial charge is 0.544 e. The lowest BCUT2D eigenvalue weighted by molar-refractivity contribution is 0.101. The zero-order valence-corrected chi connectivity index (χ0v) is 21.8. The number of carbonyl (C=O) groups is 1. The fraction of sp³-hybridized carbons (Fsp3) is 0.269. The van der Waals surface area contributed by atoms with Crippen molar-refractivity contribution < 1.29 is 17.6 Å². The van der Waals surface area contributed by atoms with Crippen molar-refractivity contribution in [3.05, 3.63) is 90.0 Å². The second-order valence-electron chi connectivity index (χ2n) is 9.61. The topological polar surface area (TPSA) is 63.7 Å². The van der Waals surface area contributed by atoms with E-state index in [4.69, 9.17) is 4.43 Å². The molecule has 0 fully saturated rings. The first-order valence-corrected chi connectivity index (χ1v) is 15.2. The summed E-state index contributed by atoms with van der Waals surface area (Å²) in [6, 6.07) is 21.6. The van der Waals surface area contributed by atoms with Gasteiger partial charge < -0.3 is 4.43 Å². The molecule has 0 spiro atoms. The summed E-state index contributed by atoms with van der Waals surface area (Å²) in [6.45, 7) is 12.7. The lowest BCUT2D eigenvalue weighted by Gasteiger charge is -2.36. The van der Waals surface area contributed by atoms with Crippen LogP contribution in [0, 0.1) is 6.92 Å². The van der Waals surface area contributed by atoms with Crippen LogP contribution in [0.5, 0.6) is 5.75 Å². The molecule has 3 aromatic rings. The van der Waals surface area contributed by atoms with E-state index >= 15 is 0 Å². The third kappa shape index (κ3) is 5.37. The van der Waals surface area contributed by atoms with Crippen LogP contribution in [0.2, 0.25) is 18.1 Å². The molecular formula is C26H31NO4SSi. The molecule has 0 aliphatic carbocycles. The number of rotatable bonds is 6. The van der Waals surface area contributed by atoms with Crippen molar-refractivity contribution in [1.29, 1.82) is 0 Å². The van der Waals surface area contributed by atoms with E-state index in [1.807, 2.05) is 6.92 Å². The van der Waals surface area contributed by atoms with E-state index in [-0.39, 0.29) is 21.2 Å². The number of carbonyl (C=O) groups excluding carboxylic acids is 1. The number of hydrogen-bond donors (Lipinski definition) is 0. The van der Waals surface area contributed by atoms with Crippen LogP contribution in [0.3, 0.4) is 0 Å². The van der Waals surface area contributed by atoms with Gasteiger partial charge in [-0.3, -0.25) is 4.79 Å². The molecule has 0 radical (unpaired) electrons. The summed E-state index contributed by atoms with van der Waals surface area (Å²) < 4.78 is 34.2. The van der Waals surface area contributed by atoms with Crippen LogP contribution in [-0.4, -0.2) is 22.6 Å². The molecule has 3 aromatic carbocycles. The zero-order valence-electron chi connectivity index (χ0n) is 20.0. The van der Waals surface area contributed by atoms with Crippen molar-refractivity contribution in [1.82, 2.24) is 0 Å². The number of hydrogen-bond acceptors (Lipinski definition) is 4. The maximum atomic E-state index is 13.5. The van der Waals surface area contributed by atoms with Crippen molar-refractivity contribution in [2.24, 2.45) is 0 Å². The van der Waals surface area contributed by atoms with Crippen LogP contribution in [-0.2, 0) is 10.0 Å². The number of anilines is 1. The van der Waals surface area contributed by atoms with Gasteiger partial charge in [0.15, 0.2) is 0 Å². The van der Waals surface area contributed by atoms with Gasteiger partial charge in [-0.1, -0.05) is 56.7 Å². The fourth-order valence-corrected chi connectivity index (χ4v) is 5.42. The molecule has 0 aliphatic rings. The highest BCUT2D eigenvalue weighted by Crippen LogP contribution is 2.37. The van der Waals surface area contributed by atoms with Crippen molar-refractivity contribution in [2.75, 3.05) is 4.31 Å². The van der Waals surface area contributed by atoms with Crippen LogP contribution in [0.1, 0.15) is 36.7 Å². The summed E-state index contributed by atoms with van der Waals surface area (Å²) in [5.74, 6) is 0.0476. The van der Waals surface area contributed by atoms with Gasteiger partial charge in [0.1, 0.15) is 5.75 Å². The summed E-state index contributed by atoms with van der Waals surface area (Å²) in [5.41, 5.74) is 1.48. The maximum absolute atomic E-state index is 13.5. The normalized spacial score (nSPS) is 12.3. The average Bonchev–Trinajstić information content (AvgIpc) is 2.74. The molecule has 0 bridgehead atoms.